The van der Waals surface area contributed by atoms with E-state index in [0.717, 1.165) is 18.4 Å². The van der Waals surface area contributed by atoms with Gasteiger partial charge >= 0.3 is 12.1 Å². The van der Waals surface area contributed by atoms with Gasteiger partial charge in [-0.2, -0.15) is 13.2 Å². The van der Waals surface area contributed by atoms with E-state index in [-0.39, 0.29) is 12.0 Å². The van der Waals surface area contributed by atoms with Crippen LogP contribution in [-0.4, -0.2) is 18.8 Å². The summed E-state index contributed by atoms with van der Waals surface area (Å²) in [6.07, 6.45) is 7.41. The predicted octanol–water partition coefficient (Wildman–Crippen LogP) is 7.24. The Morgan fingerprint density at radius 1 is 1.30 bits per heavy atom. The first kappa shape index (κ1) is 25.8. The van der Waals surface area contributed by atoms with E-state index in [4.69, 9.17) is 0 Å². The van der Waals surface area contributed by atoms with E-state index in [1.165, 1.54) is 30.9 Å². The molecular formula is C25H33F3O2. The van der Waals surface area contributed by atoms with E-state index < -0.39 is 17.7 Å². The monoisotopic (exact) mass is 422 g/mol. The van der Waals surface area contributed by atoms with Crippen LogP contribution in [0.1, 0.15) is 73.1 Å². The number of unbranched alkanes of at least 4 members (excludes halogenated alkanes) is 2. The van der Waals surface area contributed by atoms with Crippen molar-refractivity contribution in [2.45, 2.75) is 79.3 Å². The van der Waals surface area contributed by atoms with Crippen LogP contribution in [0.3, 0.4) is 0 Å². The van der Waals surface area contributed by atoms with Crippen molar-refractivity contribution in [1.82, 2.24) is 0 Å². The Kier molecular flexibility index (Phi) is 10.2. The van der Waals surface area contributed by atoms with Gasteiger partial charge in [0, 0.05) is 12.5 Å². The van der Waals surface area contributed by atoms with Gasteiger partial charge in [-0.05, 0) is 63.9 Å². The number of allylic oxidation sites excluding steroid dienone is 7. The van der Waals surface area contributed by atoms with Crippen molar-refractivity contribution in [3.63, 3.8) is 0 Å². The third-order valence-corrected chi connectivity index (χ3v) is 5.10. The van der Waals surface area contributed by atoms with Gasteiger partial charge in [-0.3, -0.25) is 0 Å². The van der Waals surface area contributed by atoms with Crippen LogP contribution >= 0.6 is 0 Å². The van der Waals surface area contributed by atoms with Gasteiger partial charge in [0.25, 0.3) is 0 Å². The van der Waals surface area contributed by atoms with E-state index in [9.17, 15) is 18.0 Å². The number of hydrogen-bond acceptors (Lipinski definition) is 2. The molecule has 0 saturated heterocycles. The molecule has 0 N–H and O–H groups in total. The lowest BCUT2D eigenvalue weighted by molar-refractivity contribution is -0.138. The zero-order valence-corrected chi connectivity index (χ0v) is 18.7. The highest BCUT2D eigenvalue weighted by atomic mass is 19.4. The van der Waals surface area contributed by atoms with Gasteiger partial charge in [-0.25, -0.2) is 4.79 Å². The first-order valence-electron chi connectivity index (χ1n) is 10.5. The van der Waals surface area contributed by atoms with Crippen LogP contribution in [0.2, 0.25) is 0 Å². The first-order chi connectivity index (χ1) is 14.0. The maximum Gasteiger partial charge on any atom is 0.424 e. The Bertz CT molecular complexity index is 781. The van der Waals surface area contributed by atoms with Gasteiger partial charge in [0.2, 0.25) is 0 Å². The first-order valence-corrected chi connectivity index (χ1v) is 10.5. The Morgan fingerprint density at radius 2 is 2.00 bits per heavy atom. The molecule has 0 amide bonds. The third-order valence-electron chi connectivity index (χ3n) is 5.10. The molecule has 0 radical (unpaired) electrons. The van der Waals surface area contributed by atoms with E-state index in [2.05, 4.69) is 55.6 Å². The Hall–Kier alpha value is -2.22. The van der Waals surface area contributed by atoms with Crippen molar-refractivity contribution in [3.05, 3.63) is 46.6 Å². The molecular weight excluding hydrogens is 389 g/mol. The molecule has 0 bridgehead atoms. The Morgan fingerprint density at radius 3 is 2.60 bits per heavy atom. The van der Waals surface area contributed by atoms with Crippen LogP contribution in [0.25, 0.3) is 0 Å². The number of halogens is 3. The SMILES string of the molecule is CCOC(=O)/C=C(\C#CCCC/C=C(C)/C=C/C1=C(C)CCCC1(C)C)C(F)(F)F. The van der Waals surface area contributed by atoms with Crippen LogP contribution < -0.4 is 0 Å². The molecule has 2 nitrogen and oxygen atoms in total. The lowest BCUT2D eigenvalue weighted by atomic mass is 9.72. The molecule has 0 unspecified atom stereocenters. The third kappa shape index (κ3) is 9.07. The summed E-state index contributed by atoms with van der Waals surface area (Å²) in [5.74, 6) is 3.54. The van der Waals surface area contributed by atoms with Crippen molar-refractivity contribution in [3.8, 4) is 11.8 Å². The van der Waals surface area contributed by atoms with Crippen molar-refractivity contribution in [2.24, 2.45) is 5.41 Å². The molecule has 1 aliphatic rings. The summed E-state index contributed by atoms with van der Waals surface area (Å²) >= 11 is 0. The number of carbonyl (C=O) groups is 1. The number of ether oxygens (including phenoxy) is 1. The van der Waals surface area contributed by atoms with Gasteiger partial charge in [-0.1, -0.05) is 55.1 Å². The second kappa shape index (κ2) is 11.8. The largest absolute Gasteiger partial charge is 0.463 e. The van der Waals surface area contributed by atoms with Crippen molar-refractivity contribution in [1.29, 1.82) is 0 Å². The van der Waals surface area contributed by atoms with Gasteiger partial charge in [0.05, 0.1) is 6.61 Å². The molecule has 0 heterocycles. The maximum atomic E-state index is 12.9. The van der Waals surface area contributed by atoms with Crippen molar-refractivity contribution < 1.29 is 22.7 Å². The summed E-state index contributed by atoms with van der Waals surface area (Å²) in [5, 5.41) is 0. The highest BCUT2D eigenvalue weighted by Crippen LogP contribution is 2.40. The van der Waals surface area contributed by atoms with Crippen molar-refractivity contribution in [2.75, 3.05) is 6.61 Å². The molecule has 0 atom stereocenters. The van der Waals surface area contributed by atoms with Gasteiger partial charge < -0.3 is 4.74 Å². The van der Waals surface area contributed by atoms with Crippen LogP contribution in [0, 0.1) is 17.3 Å². The Balaban J connectivity index is 2.62. The zero-order valence-electron chi connectivity index (χ0n) is 18.7. The van der Waals surface area contributed by atoms with E-state index in [1.807, 2.05) is 6.92 Å². The normalized spacial score (nSPS) is 17.7. The van der Waals surface area contributed by atoms with Gasteiger partial charge in [0.15, 0.2) is 0 Å². The summed E-state index contributed by atoms with van der Waals surface area (Å²) < 4.78 is 43.3. The molecule has 1 aliphatic carbocycles. The molecule has 0 spiro atoms. The molecule has 0 aromatic rings. The smallest absolute Gasteiger partial charge is 0.424 e. The van der Waals surface area contributed by atoms with Crippen LogP contribution in [0.4, 0.5) is 13.2 Å². The average Bonchev–Trinajstić information content (AvgIpc) is 2.61. The number of rotatable bonds is 7. The summed E-state index contributed by atoms with van der Waals surface area (Å²) in [6.45, 7) is 10.3. The second-order valence-electron chi connectivity index (χ2n) is 8.21. The maximum absolute atomic E-state index is 12.9. The second-order valence-corrected chi connectivity index (χ2v) is 8.21. The van der Waals surface area contributed by atoms with Crippen molar-refractivity contribution >= 4 is 5.97 Å². The Labute approximate surface area is 179 Å². The highest BCUT2D eigenvalue weighted by molar-refractivity contribution is 5.84. The molecule has 30 heavy (non-hydrogen) atoms. The zero-order chi connectivity index (χ0) is 22.8. The molecule has 1 rings (SSSR count). The van der Waals surface area contributed by atoms with E-state index >= 15 is 0 Å². The predicted molar refractivity (Wildman–Crippen MR) is 116 cm³/mol. The molecule has 0 saturated carbocycles. The topological polar surface area (TPSA) is 26.3 Å². The van der Waals surface area contributed by atoms with Crippen LogP contribution in [0.5, 0.6) is 0 Å². The summed E-state index contributed by atoms with van der Waals surface area (Å²) in [7, 11) is 0. The minimum atomic E-state index is -4.67. The summed E-state index contributed by atoms with van der Waals surface area (Å²) in [4.78, 5) is 11.3. The molecule has 0 aliphatic heterocycles. The number of carbonyl (C=O) groups excluding carboxylic acids is 1. The van der Waals surface area contributed by atoms with Gasteiger partial charge in [0.1, 0.15) is 5.57 Å². The number of alkyl halides is 3. The molecule has 0 aromatic carbocycles. The number of esters is 1. The fourth-order valence-corrected chi connectivity index (χ4v) is 3.46. The highest BCUT2D eigenvalue weighted by Gasteiger charge is 2.33. The van der Waals surface area contributed by atoms with Gasteiger partial charge in [-0.15, -0.1) is 0 Å². The molecule has 0 aromatic heterocycles. The molecule has 0 fully saturated rings. The summed E-state index contributed by atoms with van der Waals surface area (Å²) in [5.41, 5.74) is 3.00. The fourth-order valence-electron chi connectivity index (χ4n) is 3.46. The fraction of sp³-hybridized carbons (Fsp3) is 0.560. The lowest BCUT2D eigenvalue weighted by Gasteiger charge is -2.32. The van der Waals surface area contributed by atoms with E-state index in [0.29, 0.717) is 18.9 Å². The minimum absolute atomic E-state index is 0.0163. The standard InChI is InChI=1S/C25H33F3O2/c1-6-30-23(29)18-21(25(26,27)28)14-10-8-7-9-12-19(2)15-16-22-20(3)13-11-17-24(22,4)5/h12,15-16,18H,6-9,11,13,17H2,1-5H3/b16-15+,19-12+,21-18+. The number of hydrogen-bond donors (Lipinski definition) is 0. The summed E-state index contributed by atoms with van der Waals surface area (Å²) in [6, 6.07) is 0. The minimum Gasteiger partial charge on any atom is -0.463 e. The van der Waals surface area contributed by atoms with Crippen LogP contribution in [0.15, 0.2) is 46.6 Å². The average molecular weight is 423 g/mol. The molecule has 5 heteroatoms. The molecule has 166 valence electrons. The quantitative estimate of drug-likeness (QED) is 0.142. The van der Waals surface area contributed by atoms with Crippen LogP contribution in [-0.2, 0) is 9.53 Å². The van der Waals surface area contributed by atoms with E-state index in [1.54, 1.807) is 0 Å². The lowest BCUT2D eigenvalue weighted by Crippen LogP contribution is -2.19.